The number of nitrogens with one attached hydrogen (secondary N) is 2. The summed E-state index contributed by atoms with van der Waals surface area (Å²) in [6, 6.07) is 14.5. The minimum Gasteiger partial charge on any atom is -0.468 e. The van der Waals surface area contributed by atoms with Crippen LogP contribution in [0.4, 0.5) is 18.9 Å². The van der Waals surface area contributed by atoms with Crippen molar-refractivity contribution in [2.45, 2.75) is 31.9 Å². The van der Waals surface area contributed by atoms with Crippen molar-refractivity contribution < 1.29 is 27.2 Å². The van der Waals surface area contributed by atoms with Gasteiger partial charge in [-0.25, -0.2) is 0 Å². The lowest BCUT2D eigenvalue weighted by molar-refractivity contribution is -0.138. The van der Waals surface area contributed by atoms with Gasteiger partial charge < -0.3 is 14.6 Å². The average molecular weight is 524 g/mol. The molecule has 1 aromatic carbocycles. The van der Waals surface area contributed by atoms with Gasteiger partial charge in [0.25, 0.3) is 11.8 Å². The molecule has 2 N–H and O–H groups in total. The van der Waals surface area contributed by atoms with E-state index in [-0.39, 0.29) is 17.6 Å². The normalized spacial score (nSPS) is 14.5. The molecule has 8 nitrogen and oxygen atoms in total. The van der Waals surface area contributed by atoms with E-state index in [1.54, 1.807) is 36.5 Å². The van der Waals surface area contributed by atoms with Crippen LogP contribution in [-0.4, -0.2) is 45.0 Å². The number of nitrogens with zero attached hydrogens (tertiary/aromatic N) is 3. The predicted octanol–water partition coefficient (Wildman–Crippen LogP) is 5.66. The number of amides is 2. The molecule has 1 fully saturated rings. The van der Waals surface area contributed by atoms with Gasteiger partial charge >= 0.3 is 6.18 Å². The number of anilines is 1. The number of carbonyl (C=O) groups excluding carboxylic acids is 2. The van der Waals surface area contributed by atoms with Crippen LogP contribution in [0.15, 0.2) is 65.4 Å². The number of benzene rings is 1. The first-order valence-corrected chi connectivity index (χ1v) is 12.0. The third-order valence-electron chi connectivity index (χ3n) is 6.67. The number of hydrogen-bond acceptors (Lipinski definition) is 5. The molecule has 3 aromatic heterocycles. The highest BCUT2D eigenvalue weighted by atomic mass is 19.4. The number of aromatic nitrogens is 3. The Balaban J connectivity index is 1.18. The lowest BCUT2D eigenvalue weighted by atomic mass is 9.89. The average Bonchev–Trinajstić information content (AvgIpc) is 3.57. The first-order chi connectivity index (χ1) is 18.2. The Bertz CT molecular complexity index is 1440. The van der Waals surface area contributed by atoms with Crippen molar-refractivity contribution in [3.8, 4) is 11.4 Å². The fourth-order valence-corrected chi connectivity index (χ4v) is 4.62. The van der Waals surface area contributed by atoms with E-state index in [1.165, 1.54) is 11.8 Å². The van der Waals surface area contributed by atoms with Gasteiger partial charge in [-0.2, -0.15) is 18.3 Å². The van der Waals surface area contributed by atoms with Gasteiger partial charge in [-0.1, -0.05) is 18.2 Å². The number of H-pyrrole nitrogens is 1. The lowest BCUT2D eigenvalue weighted by Crippen LogP contribution is -2.38. The highest BCUT2D eigenvalue weighted by Crippen LogP contribution is 2.36. The zero-order valence-corrected chi connectivity index (χ0v) is 20.4. The molecule has 1 saturated heterocycles. The maximum absolute atomic E-state index is 13.3. The van der Waals surface area contributed by atoms with Crippen molar-refractivity contribution in [2.75, 3.05) is 18.4 Å². The molecule has 38 heavy (non-hydrogen) atoms. The van der Waals surface area contributed by atoms with Crippen molar-refractivity contribution in [3.05, 3.63) is 89.1 Å². The Morgan fingerprint density at radius 1 is 1.08 bits per heavy atom. The second-order valence-corrected chi connectivity index (χ2v) is 9.10. The number of furan rings is 1. The van der Waals surface area contributed by atoms with E-state index in [4.69, 9.17) is 4.42 Å². The topological polar surface area (TPSA) is 104 Å². The Labute approximate surface area is 215 Å². The third kappa shape index (κ3) is 5.17. The molecule has 1 aliphatic heterocycles. The van der Waals surface area contributed by atoms with Crippen molar-refractivity contribution in [2.24, 2.45) is 0 Å². The van der Waals surface area contributed by atoms with E-state index in [1.807, 2.05) is 18.2 Å². The van der Waals surface area contributed by atoms with E-state index >= 15 is 0 Å². The highest BCUT2D eigenvalue weighted by Gasteiger charge is 2.40. The molecule has 4 heterocycles. The van der Waals surface area contributed by atoms with Crippen molar-refractivity contribution >= 4 is 17.5 Å². The molecule has 0 saturated carbocycles. The summed E-state index contributed by atoms with van der Waals surface area (Å²) in [5, 5.41) is 9.70. The van der Waals surface area contributed by atoms with E-state index in [9.17, 15) is 22.8 Å². The third-order valence-corrected chi connectivity index (χ3v) is 6.67. The number of piperidine rings is 1. The summed E-state index contributed by atoms with van der Waals surface area (Å²) >= 11 is 0. The SMILES string of the molecule is Cc1occ(C(F)(F)F)c1C(=O)N1CCC(c2ccc(NC(=O)c3cc(-c4ccccn4)n[nH]3)cc2)CC1. The standard InChI is InChI=1S/C27H24F3N5O3/c1-16-24(20(15-38-16)27(28,29)30)26(37)35-12-9-18(10-13-35)17-5-7-19(8-6-17)32-25(36)23-14-22(33-34-23)21-4-2-3-11-31-21/h2-8,11,14-15,18H,9-10,12-13H2,1H3,(H,32,36)(H,33,34). The van der Waals surface area contributed by atoms with Gasteiger partial charge in [0, 0.05) is 25.0 Å². The number of aryl methyl sites for hydroxylation is 1. The fourth-order valence-electron chi connectivity index (χ4n) is 4.62. The summed E-state index contributed by atoms with van der Waals surface area (Å²) in [4.78, 5) is 31.2. The van der Waals surface area contributed by atoms with Crippen LogP contribution >= 0.6 is 0 Å². The number of hydrogen-bond donors (Lipinski definition) is 2. The zero-order chi connectivity index (χ0) is 26.9. The molecule has 2 amide bonds. The first-order valence-electron chi connectivity index (χ1n) is 12.0. The van der Waals surface area contributed by atoms with Gasteiger partial charge in [-0.05, 0) is 61.6 Å². The van der Waals surface area contributed by atoms with Gasteiger partial charge in [0.2, 0.25) is 0 Å². The van der Waals surface area contributed by atoms with Crippen LogP contribution in [0.1, 0.15) is 56.5 Å². The van der Waals surface area contributed by atoms with E-state index < -0.39 is 23.2 Å². The molecule has 0 unspecified atom stereocenters. The number of pyridine rings is 1. The largest absolute Gasteiger partial charge is 0.468 e. The monoisotopic (exact) mass is 523 g/mol. The van der Waals surface area contributed by atoms with Crippen LogP contribution in [0, 0.1) is 6.92 Å². The van der Waals surface area contributed by atoms with Gasteiger partial charge in [0.1, 0.15) is 29.0 Å². The van der Waals surface area contributed by atoms with Crippen LogP contribution in [0.25, 0.3) is 11.4 Å². The molecule has 1 aliphatic rings. The van der Waals surface area contributed by atoms with E-state index in [0.29, 0.717) is 55.0 Å². The summed E-state index contributed by atoms with van der Waals surface area (Å²) in [6.07, 6.45) is -1.18. The minimum atomic E-state index is -4.66. The van der Waals surface area contributed by atoms with Gasteiger partial charge in [0.05, 0.1) is 11.3 Å². The molecule has 0 atom stereocenters. The van der Waals surface area contributed by atoms with Gasteiger partial charge in [-0.3, -0.25) is 19.7 Å². The second-order valence-electron chi connectivity index (χ2n) is 9.10. The predicted molar refractivity (Wildman–Crippen MR) is 133 cm³/mol. The van der Waals surface area contributed by atoms with E-state index in [2.05, 4.69) is 20.5 Å². The quantitative estimate of drug-likeness (QED) is 0.351. The summed E-state index contributed by atoms with van der Waals surface area (Å²) in [7, 11) is 0. The number of aromatic amines is 1. The molecule has 0 radical (unpaired) electrons. The Hall–Kier alpha value is -4.41. The fraction of sp³-hybridized carbons (Fsp3) is 0.259. The minimum absolute atomic E-state index is 0.0369. The maximum atomic E-state index is 13.3. The van der Waals surface area contributed by atoms with Crippen LogP contribution < -0.4 is 5.32 Å². The molecule has 5 rings (SSSR count). The van der Waals surface area contributed by atoms with Gasteiger partial charge in [-0.15, -0.1) is 0 Å². The molecule has 11 heteroatoms. The molecular formula is C27H24F3N5O3. The van der Waals surface area contributed by atoms with Crippen LogP contribution in [0.3, 0.4) is 0 Å². The number of alkyl halides is 3. The smallest absolute Gasteiger partial charge is 0.420 e. The first kappa shape index (κ1) is 25.2. The molecular weight excluding hydrogens is 499 g/mol. The molecule has 0 spiro atoms. The van der Waals surface area contributed by atoms with Crippen LogP contribution in [0.2, 0.25) is 0 Å². The summed E-state index contributed by atoms with van der Waals surface area (Å²) in [5.74, 6) is -0.896. The maximum Gasteiger partial charge on any atom is 0.420 e. The number of likely N-dealkylation sites (tertiary alicyclic amines) is 1. The lowest BCUT2D eigenvalue weighted by Gasteiger charge is -2.32. The summed E-state index contributed by atoms with van der Waals surface area (Å²) in [6.45, 7) is 2.03. The second kappa shape index (κ2) is 10.2. The Morgan fingerprint density at radius 3 is 2.47 bits per heavy atom. The molecule has 4 aromatic rings. The highest BCUT2D eigenvalue weighted by molar-refractivity contribution is 6.03. The number of rotatable bonds is 5. The molecule has 0 bridgehead atoms. The Morgan fingerprint density at radius 2 is 1.82 bits per heavy atom. The van der Waals surface area contributed by atoms with Gasteiger partial charge in [0.15, 0.2) is 0 Å². The van der Waals surface area contributed by atoms with Crippen molar-refractivity contribution in [3.63, 3.8) is 0 Å². The summed E-state index contributed by atoms with van der Waals surface area (Å²) in [5.41, 5.74) is 1.70. The van der Waals surface area contributed by atoms with Crippen LogP contribution in [0.5, 0.6) is 0 Å². The van der Waals surface area contributed by atoms with Crippen molar-refractivity contribution in [1.29, 1.82) is 0 Å². The Kier molecular flexibility index (Phi) is 6.75. The van der Waals surface area contributed by atoms with Crippen LogP contribution in [-0.2, 0) is 6.18 Å². The molecule has 196 valence electrons. The number of halogens is 3. The van der Waals surface area contributed by atoms with Crippen molar-refractivity contribution in [1.82, 2.24) is 20.1 Å². The zero-order valence-electron chi connectivity index (χ0n) is 20.4. The number of carbonyl (C=O) groups is 2. The molecule has 0 aliphatic carbocycles. The summed E-state index contributed by atoms with van der Waals surface area (Å²) < 4.78 is 44.8. The van der Waals surface area contributed by atoms with E-state index in [0.717, 1.165) is 5.56 Å².